The summed E-state index contributed by atoms with van der Waals surface area (Å²) in [6.07, 6.45) is 9.29. The number of aromatic nitrogens is 3. The van der Waals surface area contributed by atoms with Crippen LogP contribution in [0.5, 0.6) is 0 Å². The van der Waals surface area contributed by atoms with Gasteiger partial charge < -0.3 is 24.4 Å². The average molecular weight is 530 g/mol. The highest BCUT2D eigenvalue weighted by atomic mass is 127. The number of rotatable bonds is 11. The van der Waals surface area contributed by atoms with Crippen molar-refractivity contribution >= 4 is 29.9 Å². The highest BCUT2D eigenvalue weighted by Crippen LogP contribution is 2.15. The molecule has 30 heavy (non-hydrogen) atoms. The predicted octanol–water partition coefficient (Wildman–Crippen LogP) is 3.31. The summed E-state index contributed by atoms with van der Waals surface area (Å²) in [4.78, 5) is 4.68. The summed E-state index contributed by atoms with van der Waals surface area (Å²) in [6.45, 7) is 6.79. The van der Waals surface area contributed by atoms with E-state index in [2.05, 4.69) is 37.3 Å². The molecule has 3 rings (SSSR count). The molecule has 0 amide bonds. The number of guanidine groups is 1. The van der Waals surface area contributed by atoms with Crippen molar-refractivity contribution in [1.82, 2.24) is 25.4 Å². The Labute approximate surface area is 196 Å². The lowest BCUT2D eigenvalue weighted by Crippen LogP contribution is -2.38. The number of ether oxygens (including phenoxy) is 1. The van der Waals surface area contributed by atoms with Gasteiger partial charge in [0.1, 0.15) is 24.0 Å². The van der Waals surface area contributed by atoms with Gasteiger partial charge in [-0.3, -0.25) is 4.99 Å². The standard InChI is InChI=1S/C21H34N6O2.HI/c1-2-22-21(24-13-8-15-28-17-18-9-7-16-29-18)23-12-6-11-20-26-25-19-10-4-3-5-14-27(19)20;/h7,9,16H,2-6,8,10-15,17H2,1H3,(H2,22,23,24);1H. The molecule has 1 aliphatic heterocycles. The summed E-state index contributed by atoms with van der Waals surface area (Å²) in [5, 5.41) is 15.4. The molecule has 168 valence electrons. The first-order valence-electron chi connectivity index (χ1n) is 10.9. The number of nitrogens with one attached hydrogen (secondary N) is 2. The molecular formula is C21H35IN6O2. The van der Waals surface area contributed by atoms with E-state index >= 15 is 0 Å². The molecule has 0 atom stereocenters. The van der Waals surface area contributed by atoms with E-state index in [1.165, 1.54) is 19.3 Å². The van der Waals surface area contributed by atoms with E-state index in [4.69, 9.17) is 9.15 Å². The van der Waals surface area contributed by atoms with Gasteiger partial charge in [0, 0.05) is 45.6 Å². The highest BCUT2D eigenvalue weighted by Gasteiger charge is 2.13. The number of aliphatic imine (C=N–C) groups is 1. The lowest BCUT2D eigenvalue weighted by atomic mass is 10.2. The molecule has 2 N–H and O–H groups in total. The molecule has 9 heteroatoms. The smallest absolute Gasteiger partial charge is 0.191 e. The molecule has 1 aliphatic rings. The van der Waals surface area contributed by atoms with E-state index in [0.717, 1.165) is 75.2 Å². The Balaban J connectivity index is 0.00000320. The zero-order valence-electron chi connectivity index (χ0n) is 17.9. The second-order valence-electron chi connectivity index (χ2n) is 7.27. The first-order chi connectivity index (χ1) is 14.4. The Morgan fingerprint density at radius 2 is 2.17 bits per heavy atom. The lowest BCUT2D eigenvalue weighted by Gasteiger charge is -2.11. The molecule has 0 aliphatic carbocycles. The number of hydrogen-bond donors (Lipinski definition) is 2. The van der Waals surface area contributed by atoms with E-state index in [0.29, 0.717) is 13.2 Å². The van der Waals surface area contributed by atoms with Crippen LogP contribution in [0, 0.1) is 0 Å². The third-order valence-electron chi connectivity index (χ3n) is 4.94. The van der Waals surface area contributed by atoms with Crippen LogP contribution >= 0.6 is 24.0 Å². The van der Waals surface area contributed by atoms with Crippen molar-refractivity contribution in [2.75, 3.05) is 26.2 Å². The minimum absolute atomic E-state index is 0. The third-order valence-corrected chi connectivity index (χ3v) is 4.94. The van der Waals surface area contributed by atoms with Gasteiger partial charge in [0.25, 0.3) is 0 Å². The maximum Gasteiger partial charge on any atom is 0.191 e. The van der Waals surface area contributed by atoms with Gasteiger partial charge in [-0.25, -0.2) is 0 Å². The van der Waals surface area contributed by atoms with Crippen LogP contribution in [-0.4, -0.2) is 47.0 Å². The Bertz CT molecular complexity index is 732. The van der Waals surface area contributed by atoms with Gasteiger partial charge in [-0.2, -0.15) is 0 Å². The predicted molar refractivity (Wildman–Crippen MR) is 128 cm³/mol. The first kappa shape index (κ1) is 24.6. The van der Waals surface area contributed by atoms with Crippen LogP contribution in [0.2, 0.25) is 0 Å². The molecule has 0 saturated heterocycles. The quantitative estimate of drug-likeness (QED) is 0.201. The number of hydrogen-bond acceptors (Lipinski definition) is 5. The Morgan fingerprint density at radius 3 is 3.00 bits per heavy atom. The Morgan fingerprint density at radius 1 is 1.23 bits per heavy atom. The molecule has 0 unspecified atom stereocenters. The first-order valence-corrected chi connectivity index (χ1v) is 10.9. The van der Waals surface area contributed by atoms with Crippen molar-refractivity contribution in [2.45, 2.75) is 65.0 Å². The van der Waals surface area contributed by atoms with Crippen LogP contribution < -0.4 is 10.6 Å². The SMILES string of the molecule is CCNC(=NCCCc1nnc2n1CCCCC2)NCCCOCc1ccco1.I. The van der Waals surface area contributed by atoms with Crippen molar-refractivity contribution in [3.8, 4) is 0 Å². The third kappa shape index (κ3) is 8.25. The fraction of sp³-hybridized carbons (Fsp3) is 0.667. The van der Waals surface area contributed by atoms with Crippen LogP contribution in [0.15, 0.2) is 27.8 Å². The van der Waals surface area contributed by atoms with Crippen LogP contribution in [-0.2, 0) is 30.7 Å². The minimum Gasteiger partial charge on any atom is -0.467 e. The van der Waals surface area contributed by atoms with Crippen molar-refractivity contribution < 1.29 is 9.15 Å². The average Bonchev–Trinajstić information content (AvgIpc) is 3.32. The molecule has 2 aromatic rings. The molecule has 0 fully saturated rings. The minimum atomic E-state index is 0. The van der Waals surface area contributed by atoms with E-state index in [1.54, 1.807) is 6.26 Å². The normalized spacial score (nSPS) is 14.0. The maximum atomic E-state index is 5.60. The van der Waals surface area contributed by atoms with Gasteiger partial charge in [-0.1, -0.05) is 6.42 Å². The fourth-order valence-electron chi connectivity index (χ4n) is 3.45. The number of nitrogens with zero attached hydrogens (tertiary/aromatic N) is 4. The molecule has 3 heterocycles. The second kappa shape index (κ2) is 14.4. The van der Waals surface area contributed by atoms with Gasteiger partial charge in [0.05, 0.1) is 6.26 Å². The summed E-state index contributed by atoms with van der Waals surface area (Å²) >= 11 is 0. The maximum absolute atomic E-state index is 5.60. The lowest BCUT2D eigenvalue weighted by molar-refractivity contribution is 0.105. The summed E-state index contributed by atoms with van der Waals surface area (Å²) in [5.74, 6) is 3.99. The zero-order valence-corrected chi connectivity index (χ0v) is 20.3. The van der Waals surface area contributed by atoms with Gasteiger partial charge in [-0.05, 0) is 44.7 Å². The van der Waals surface area contributed by atoms with E-state index in [-0.39, 0.29) is 24.0 Å². The summed E-state index contributed by atoms with van der Waals surface area (Å²) < 4.78 is 13.2. The summed E-state index contributed by atoms with van der Waals surface area (Å²) in [6, 6.07) is 3.80. The summed E-state index contributed by atoms with van der Waals surface area (Å²) in [5.41, 5.74) is 0. The molecule has 8 nitrogen and oxygen atoms in total. The topological polar surface area (TPSA) is 89.5 Å². The molecular weight excluding hydrogens is 495 g/mol. The van der Waals surface area contributed by atoms with Gasteiger partial charge in [0.15, 0.2) is 5.96 Å². The Hall–Kier alpha value is -1.62. The molecule has 0 saturated carbocycles. The summed E-state index contributed by atoms with van der Waals surface area (Å²) in [7, 11) is 0. The molecule has 0 radical (unpaired) electrons. The van der Waals surface area contributed by atoms with Crippen molar-refractivity contribution in [3.63, 3.8) is 0 Å². The second-order valence-corrected chi connectivity index (χ2v) is 7.27. The monoisotopic (exact) mass is 530 g/mol. The Kier molecular flexibility index (Phi) is 11.8. The fourth-order valence-corrected chi connectivity index (χ4v) is 3.45. The highest BCUT2D eigenvalue weighted by molar-refractivity contribution is 14.0. The van der Waals surface area contributed by atoms with Crippen LogP contribution in [0.3, 0.4) is 0 Å². The van der Waals surface area contributed by atoms with Crippen LogP contribution in [0.25, 0.3) is 0 Å². The molecule has 2 aromatic heterocycles. The largest absolute Gasteiger partial charge is 0.467 e. The van der Waals surface area contributed by atoms with Crippen LogP contribution in [0.4, 0.5) is 0 Å². The molecule has 0 aromatic carbocycles. The van der Waals surface area contributed by atoms with Crippen molar-refractivity contribution in [3.05, 3.63) is 35.8 Å². The number of aryl methyl sites for hydroxylation is 2. The van der Waals surface area contributed by atoms with Gasteiger partial charge >= 0.3 is 0 Å². The van der Waals surface area contributed by atoms with Gasteiger partial charge in [-0.15, -0.1) is 34.2 Å². The number of halogens is 1. The van der Waals surface area contributed by atoms with Crippen molar-refractivity contribution in [2.24, 2.45) is 4.99 Å². The zero-order chi connectivity index (χ0) is 20.2. The molecule has 0 bridgehead atoms. The van der Waals surface area contributed by atoms with Crippen LogP contribution in [0.1, 0.15) is 56.4 Å². The van der Waals surface area contributed by atoms with E-state index in [9.17, 15) is 0 Å². The number of furan rings is 1. The van der Waals surface area contributed by atoms with Gasteiger partial charge in [0.2, 0.25) is 0 Å². The van der Waals surface area contributed by atoms with E-state index in [1.807, 2.05) is 12.1 Å². The van der Waals surface area contributed by atoms with E-state index < -0.39 is 0 Å². The number of fused-ring (bicyclic) bond motifs is 1. The van der Waals surface area contributed by atoms with Crippen molar-refractivity contribution in [1.29, 1.82) is 0 Å². The molecule has 0 spiro atoms.